The summed E-state index contributed by atoms with van der Waals surface area (Å²) < 4.78 is 1.33. The van der Waals surface area contributed by atoms with Crippen LogP contribution in [0.3, 0.4) is 0 Å². The second kappa shape index (κ2) is 6.66. The van der Waals surface area contributed by atoms with Crippen LogP contribution in [0.25, 0.3) is 5.52 Å². The van der Waals surface area contributed by atoms with E-state index in [0.717, 1.165) is 12.8 Å². The Morgan fingerprint density at radius 1 is 1.33 bits per heavy atom. The van der Waals surface area contributed by atoms with Crippen molar-refractivity contribution in [3.63, 3.8) is 0 Å². The smallest absolute Gasteiger partial charge is 0.276 e. The van der Waals surface area contributed by atoms with Gasteiger partial charge < -0.3 is 10.3 Å². The molecule has 0 unspecified atom stereocenters. The molecule has 0 aliphatic rings. The first-order valence-electron chi connectivity index (χ1n) is 7.84. The summed E-state index contributed by atoms with van der Waals surface area (Å²) in [7, 11) is 0. The average molecular weight is 325 g/mol. The summed E-state index contributed by atoms with van der Waals surface area (Å²) in [5.41, 5.74) is 1.71. The van der Waals surface area contributed by atoms with Crippen LogP contribution < -0.4 is 10.9 Å². The molecule has 0 saturated heterocycles. The minimum atomic E-state index is -0.389. The number of H-pyrrole nitrogens is 1. The minimum absolute atomic E-state index is 0.0426. The normalized spacial score (nSPS) is 12.2. The van der Waals surface area contributed by atoms with Gasteiger partial charge in [-0.25, -0.2) is 4.52 Å². The summed E-state index contributed by atoms with van der Waals surface area (Å²) in [5, 5.41) is 10.6. The van der Waals surface area contributed by atoms with Gasteiger partial charge in [0.15, 0.2) is 11.2 Å². The molecule has 2 heterocycles. The number of hydrogen-bond donors (Lipinski definition) is 2. The lowest BCUT2D eigenvalue weighted by Crippen LogP contribution is -2.34. The van der Waals surface area contributed by atoms with E-state index in [1.54, 1.807) is 13.1 Å². The summed E-state index contributed by atoms with van der Waals surface area (Å²) in [4.78, 5) is 27.1. The number of hydrogen-bond acceptors (Lipinski definition) is 4. The van der Waals surface area contributed by atoms with Crippen molar-refractivity contribution >= 4 is 11.4 Å². The number of aryl methyl sites for hydroxylation is 2. The van der Waals surface area contributed by atoms with Crippen LogP contribution in [-0.2, 0) is 6.42 Å². The molecular weight excluding hydrogens is 306 g/mol. The fraction of sp³-hybridized carbons (Fsp3) is 0.294. The zero-order chi connectivity index (χ0) is 17.1. The van der Waals surface area contributed by atoms with Crippen molar-refractivity contribution in [1.29, 1.82) is 0 Å². The Hall–Kier alpha value is -2.96. The molecule has 1 aromatic carbocycles. The maximum atomic E-state index is 12.4. The Balaban J connectivity index is 1.70. The topological polar surface area (TPSA) is 92.2 Å². The maximum absolute atomic E-state index is 12.4. The molecule has 0 aliphatic heterocycles. The Labute approximate surface area is 138 Å². The number of amides is 1. The van der Waals surface area contributed by atoms with Crippen LogP contribution in [0.5, 0.6) is 0 Å². The van der Waals surface area contributed by atoms with Gasteiger partial charge in [-0.1, -0.05) is 35.5 Å². The highest BCUT2D eigenvalue weighted by molar-refractivity contribution is 5.98. The first-order chi connectivity index (χ1) is 11.5. The lowest BCUT2D eigenvalue weighted by atomic mass is 10.1. The molecule has 0 saturated carbocycles. The number of aromatic nitrogens is 4. The van der Waals surface area contributed by atoms with Crippen molar-refractivity contribution < 1.29 is 4.79 Å². The van der Waals surface area contributed by atoms with E-state index in [1.807, 2.05) is 25.1 Å². The lowest BCUT2D eigenvalue weighted by molar-refractivity contribution is 0.0935. The number of fused-ring (bicyclic) bond motifs is 1. The highest BCUT2D eigenvalue weighted by Gasteiger charge is 2.19. The van der Waals surface area contributed by atoms with E-state index in [0.29, 0.717) is 5.69 Å². The monoisotopic (exact) mass is 325 g/mol. The molecule has 0 aliphatic carbocycles. The highest BCUT2D eigenvalue weighted by atomic mass is 16.2. The molecule has 0 bridgehead atoms. The molecule has 3 aromatic rings. The van der Waals surface area contributed by atoms with Crippen LogP contribution in [0.1, 0.15) is 35.1 Å². The molecule has 0 spiro atoms. The zero-order valence-corrected chi connectivity index (χ0v) is 13.6. The molecule has 1 atom stereocenters. The predicted octanol–water partition coefficient (Wildman–Crippen LogP) is 1.48. The third-order valence-electron chi connectivity index (χ3n) is 3.84. The van der Waals surface area contributed by atoms with E-state index in [1.165, 1.54) is 10.1 Å². The largest absolute Gasteiger partial charge is 0.348 e. The molecule has 7 nitrogen and oxygen atoms in total. The number of aromatic amines is 1. The Kier molecular flexibility index (Phi) is 4.41. The summed E-state index contributed by atoms with van der Waals surface area (Å²) in [5.74, 6) is -0.389. The van der Waals surface area contributed by atoms with E-state index in [-0.39, 0.29) is 28.7 Å². The first-order valence-corrected chi connectivity index (χ1v) is 7.84. The van der Waals surface area contributed by atoms with Crippen molar-refractivity contribution in [2.75, 3.05) is 0 Å². The Morgan fingerprint density at radius 2 is 2.08 bits per heavy atom. The number of benzene rings is 1. The van der Waals surface area contributed by atoms with E-state index in [9.17, 15) is 9.59 Å². The first kappa shape index (κ1) is 15.9. The minimum Gasteiger partial charge on any atom is -0.348 e. The van der Waals surface area contributed by atoms with Crippen LogP contribution in [0.15, 0.2) is 41.3 Å². The van der Waals surface area contributed by atoms with E-state index >= 15 is 0 Å². The number of carbonyl (C=O) groups is 1. The molecule has 1 amide bonds. The van der Waals surface area contributed by atoms with Gasteiger partial charge >= 0.3 is 0 Å². The van der Waals surface area contributed by atoms with Gasteiger partial charge in [0, 0.05) is 11.7 Å². The molecule has 0 radical (unpaired) electrons. The second-order valence-electron chi connectivity index (χ2n) is 5.90. The SMILES string of the molecule is Cc1cn2nnc(C(=O)N[C@@H](C)CCc3ccccc3)c2c(=O)[nH]1. The van der Waals surface area contributed by atoms with Crippen LogP contribution in [0.4, 0.5) is 0 Å². The second-order valence-corrected chi connectivity index (χ2v) is 5.90. The molecule has 0 fully saturated rings. The van der Waals surface area contributed by atoms with Crippen molar-refractivity contribution in [3.8, 4) is 0 Å². The summed E-state index contributed by atoms with van der Waals surface area (Å²) in [6.45, 7) is 3.68. The Bertz CT molecular complexity index is 914. The van der Waals surface area contributed by atoms with Crippen molar-refractivity contribution in [3.05, 3.63) is 63.8 Å². The van der Waals surface area contributed by atoms with Crippen LogP contribution in [0, 0.1) is 6.92 Å². The zero-order valence-electron chi connectivity index (χ0n) is 13.6. The average Bonchev–Trinajstić information content (AvgIpc) is 2.98. The standard InChI is InChI=1S/C17H19N5O2/c1-11(8-9-13-6-4-3-5-7-13)18-16(23)14-15-17(24)19-12(2)10-22(15)21-20-14/h3-7,10-11H,8-9H2,1-2H3,(H,18,23)(H,19,24)/t11-/m0/s1. The third kappa shape index (κ3) is 3.34. The summed E-state index contributed by atoms with van der Waals surface area (Å²) in [6.07, 6.45) is 3.29. The van der Waals surface area contributed by atoms with Gasteiger partial charge in [0.2, 0.25) is 0 Å². The van der Waals surface area contributed by atoms with Crippen molar-refractivity contribution in [2.45, 2.75) is 32.7 Å². The van der Waals surface area contributed by atoms with Gasteiger partial charge in [-0.3, -0.25) is 9.59 Å². The van der Waals surface area contributed by atoms with Crippen molar-refractivity contribution in [2.24, 2.45) is 0 Å². The summed E-state index contributed by atoms with van der Waals surface area (Å²) in [6, 6.07) is 10.0. The molecule has 24 heavy (non-hydrogen) atoms. The van der Waals surface area contributed by atoms with Crippen LogP contribution in [0.2, 0.25) is 0 Å². The summed E-state index contributed by atoms with van der Waals surface area (Å²) >= 11 is 0. The van der Waals surface area contributed by atoms with E-state index < -0.39 is 0 Å². The van der Waals surface area contributed by atoms with Gasteiger partial charge in [0.05, 0.1) is 6.20 Å². The van der Waals surface area contributed by atoms with Gasteiger partial charge in [-0.05, 0) is 32.3 Å². The predicted molar refractivity (Wildman–Crippen MR) is 90.0 cm³/mol. The number of carbonyl (C=O) groups excluding carboxylic acids is 1. The van der Waals surface area contributed by atoms with Gasteiger partial charge in [0.1, 0.15) is 0 Å². The number of rotatable bonds is 5. The van der Waals surface area contributed by atoms with Gasteiger partial charge in [-0.2, -0.15) is 0 Å². The van der Waals surface area contributed by atoms with Crippen molar-refractivity contribution in [1.82, 2.24) is 25.1 Å². The molecule has 2 aromatic heterocycles. The quantitative estimate of drug-likeness (QED) is 0.743. The highest BCUT2D eigenvalue weighted by Crippen LogP contribution is 2.07. The molecule has 2 N–H and O–H groups in total. The van der Waals surface area contributed by atoms with Gasteiger partial charge in [0.25, 0.3) is 11.5 Å². The maximum Gasteiger partial charge on any atom is 0.276 e. The molecule has 7 heteroatoms. The number of nitrogens with zero attached hydrogens (tertiary/aromatic N) is 3. The lowest BCUT2D eigenvalue weighted by Gasteiger charge is -2.12. The Morgan fingerprint density at radius 3 is 2.83 bits per heavy atom. The van der Waals surface area contributed by atoms with Crippen LogP contribution >= 0.6 is 0 Å². The third-order valence-corrected chi connectivity index (χ3v) is 3.84. The molecular formula is C17H19N5O2. The fourth-order valence-electron chi connectivity index (χ4n) is 2.59. The molecule has 3 rings (SSSR count). The van der Waals surface area contributed by atoms with Crippen LogP contribution in [-0.4, -0.2) is 31.8 Å². The number of nitrogens with one attached hydrogen (secondary N) is 2. The van der Waals surface area contributed by atoms with E-state index in [4.69, 9.17) is 0 Å². The molecule has 124 valence electrons. The van der Waals surface area contributed by atoms with E-state index in [2.05, 4.69) is 32.7 Å². The van der Waals surface area contributed by atoms with Gasteiger partial charge in [-0.15, -0.1) is 5.10 Å². The fourth-order valence-corrected chi connectivity index (χ4v) is 2.59.